The summed E-state index contributed by atoms with van der Waals surface area (Å²) in [5, 5.41) is 23.6. The van der Waals surface area contributed by atoms with Crippen molar-refractivity contribution in [2.75, 3.05) is 27.7 Å². The van der Waals surface area contributed by atoms with Gasteiger partial charge in [0.15, 0.2) is 5.75 Å². The van der Waals surface area contributed by atoms with E-state index < -0.39 is 12.2 Å². The van der Waals surface area contributed by atoms with Crippen LogP contribution in [0.5, 0.6) is 5.75 Å². The highest BCUT2D eigenvalue weighted by atomic mass is 16.5. The number of aliphatic hydroxyl groups excluding tert-OH is 2. The van der Waals surface area contributed by atoms with Crippen molar-refractivity contribution in [1.29, 1.82) is 0 Å². The Morgan fingerprint density at radius 2 is 2.12 bits per heavy atom. The molecule has 17 heavy (non-hydrogen) atoms. The average Bonchev–Trinajstić information content (AvgIpc) is 2.67. The molecule has 1 aromatic rings. The number of nitrogens with zero attached hydrogens (tertiary/aromatic N) is 3. The highest BCUT2D eigenvalue weighted by Crippen LogP contribution is 2.26. The van der Waals surface area contributed by atoms with Crippen LogP contribution in [0.4, 0.5) is 0 Å². The van der Waals surface area contributed by atoms with Gasteiger partial charge in [-0.2, -0.15) is 5.10 Å². The van der Waals surface area contributed by atoms with Crippen molar-refractivity contribution in [2.45, 2.75) is 25.7 Å². The Bertz CT molecular complexity index is 350. The van der Waals surface area contributed by atoms with Gasteiger partial charge in [0.1, 0.15) is 11.8 Å². The predicted molar refractivity (Wildman–Crippen MR) is 64.0 cm³/mol. The minimum atomic E-state index is -0.991. The van der Waals surface area contributed by atoms with E-state index in [0.29, 0.717) is 18.0 Å². The fraction of sp³-hybridized carbons (Fsp3) is 0.727. The standard InChI is InChI=1S/C11H21N3O3/c1-8(15)11(16)10-9(17-4)7-12-14(10)6-5-13(2)3/h7-8,11,15-16H,5-6H2,1-4H3. The lowest BCUT2D eigenvalue weighted by atomic mass is 10.1. The molecular weight excluding hydrogens is 222 g/mol. The van der Waals surface area contributed by atoms with E-state index in [1.54, 1.807) is 10.9 Å². The number of rotatable bonds is 6. The van der Waals surface area contributed by atoms with Crippen LogP contribution >= 0.6 is 0 Å². The van der Waals surface area contributed by atoms with E-state index in [-0.39, 0.29) is 0 Å². The van der Waals surface area contributed by atoms with Crippen molar-refractivity contribution in [3.05, 3.63) is 11.9 Å². The Labute approximate surface area is 101 Å². The van der Waals surface area contributed by atoms with Crippen LogP contribution in [0.1, 0.15) is 18.7 Å². The molecule has 0 saturated carbocycles. The second-order valence-corrected chi connectivity index (χ2v) is 4.31. The van der Waals surface area contributed by atoms with Gasteiger partial charge in [0.05, 0.1) is 26.0 Å². The Hall–Kier alpha value is -1.11. The van der Waals surface area contributed by atoms with E-state index in [2.05, 4.69) is 5.10 Å². The van der Waals surface area contributed by atoms with Crippen molar-refractivity contribution in [1.82, 2.24) is 14.7 Å². The normalized spacial score (nSPS) is 15.0. The third-order valence-electron chi connectivity index (χ3n) is 2.56. The van der Waals surface area contributed by atoms with Gasteiger partial charge in [-0.25, -0.2) is 0 Å². The van der Waals surface area contributed by atoms with E-state index in [4.69, 9.17) is 4.74 Å². The summed E-state index contributed by atoms with van der Waals surface area (Å²) in [4.78, 5) is 2.02. The number of hydrogen-bond donors (Lipinski definition) is 2. The molecule has 98 valence electrons. The smallest absolute Gasteiger partial charge is 0.162 e. The number of aromatic nitrogens is 2. The molecule has 0 spiro atoms. The van der Waals surface area contributed by atoms with Crippen molar-refractivity contribution >= 4 is 0 Å². The van der Waals surface area contributed by atoms with Gasteiger partial charge in [0, 0.05) is 6.54 Å². The van der Waals surface area contributed by atoms with Gasteiger partial charge >= 0.3 is 0 Å². The lowest BCUT2D eigenvalue weighted by Gasteiger charge is -2.18. The molecule has 0 amide bonds. The van der Waals surface area contributed by atoms with Crippen LogP contribution in [0.25, 0.3) is 0 Å². The van der Waals surface area contributed by atoms with Gasteiger partial charge in [-0.3, -0.25) is 4.68 Å². The molecule has 6 heteroatoms. The number of likely N-dealkylation sites (N-methyl/N-ethyl adjacent to an activating group) is 1. The van der Waals surface area contributed by atoms with Crippen molar-refractivity contribution < 1.29 is 14.9 Å². The maximum absolute atomic E-state index is 9.94. The molecule has 1 rings (SSSR count). The largest absolute Gasteiger partial charge is 0.493 e. The molecule has 0 aliphatic rings. The van der Waals surface area contributed by atoms with Crippen molar-refractivity contribution in [3.63, 3.8) is 0 Å². The monoisotopic (exact) mass is 243 g/mol. The van der Waals surface area contributed by atoms with Crippen LogP contribution in [0.2, 0.25) is 0 Å². The van der Waals surface area contributed by atoms with E-state index in [9.17, 15) is 10.2 Å². The molecule has 2 unspecified atom stereocenters. The molecule has 0 saturated heterocycles. The summed E-state index contributed by atoms with van der Waals surface area (Å²) in [6.45, 7) is 2.97. The van der Waals surface area contributed by atoms with E-state index in [0.717, 1.165) is 6.54 Å². The summed E-state index contributed by atoms with van der Waals surface area (Å²) in [6.07, 6.45) is -0.301. The van der Waals surface area contributed by atoms with Crippen LogP contribution in [0.15, 0.2) is 6.20 Å². The lowest BCUT2D eigenvalue weighted by molar-refractivity contribution is 0.0231. The highest BCUT2D eigenvalue weighted by Gasteiger charge is 2.23. The third-order valence-corrected chi connectivity index (χ3v) is 2.56. The summed E-state index contributed by atoms with van der Waals surface area (Å²) in [7, 11) is 5.45. The van der Waals surface area contributed by atoms with Gasteiger partial charge in [-0.15, -0.1) is 0 Å². The minimum absolute atomic E-state index is 0.497. The predicted octanol–water partition coefficient (Wildman–Crippen LogP) is -0.132. The molecule has 0 aliphatic carbocycles. The zero-order valence-electron chi connectivity index (χ0n) is 10.8. The second-order valence-electron chi connectivity index (χ2n) is 4.31. The fourth-order valence-corrected chi connectivity index (χ4v) is 1.53. The first-order valence-electron chi connectivity index (χ1n) is 5.58. The fourth-order valence-electron chi connectivity index (χ4n) is 1.53. The van der Waals surface area contributed by atoms with E-state index in [1.807, 2.05) is 19.0 Å². The van der Waals surface area contributed by atoms with Gasteiger partial charge in [0.25, 0.3) is 0 Å². The Kier molecular flexibility index (Phi) is 4.92. The average molecular weight is 243 g/mol. The first-order chi connectivity index (χ1) is 7.97. The number of hydrogen-bond acceptors (Lipinski definition) is 5. The molecule has 2 atom stereocenters. The maximum atomic E-state index is 9.94. The summed E-state index contributed by atoms with van der Waals surface area (Å²) in [5.41, 5.74) is 0.518. The summed E-state index contributed by atoms with van der Waals surface area (Å²) < 4.78 is 6.80. The van der Waals surface area contributed by atoms with Crippen LogP contribution in [-0.4, -0.2) is 58.7 Å². The molecule has 1 heterocycles. The summed E-state index contributed by atoms with van der Waals surface area (Å²) in [6, 6.07) is 0. The summed E-state index contributed by atoms with van der Waals surface area (Å²) in [5.74, 6) is 0.497. The molecule has 0 bridgehead atoms. The van der Waals surface area contributed by atoms with Crippen LogP contribution in [-0.2, 0) is 6.54 Å². The Balaban J connectivity index is 2.93. The van der Waals surface area contributed by atoms with Crippen molar-refractivity contribution in [3.8, 4) is 5.75 Å². The lowest BCUT2D eigenvalue weighted by Crippen LogP contribution is -2.24. The zero-order chi connectivity index (χ0) is 13.0. The topological polar surface area (TPSA) is 70.8 Å². The second kappa shape index (κ2) is 6.00. The molecular formula is C11H21N3O3. The summed E-state index contributed by atoms with van der Waals surface area (Å²) >= 11 is 0. The van der Waals surface area contributed by atoms with Crippen LogP contribution in [0, 0.1) is 0 Å². The molecule has 0 fully saturated rings. The minimum Gasteiger partial charge on any atom is -0.493 e. The van der Waals surface area contributed by atoms with Crippen molar-refractivity contribution in [2.24, 2.45) is 0 Å². The van der Waals surface area contributed by atoms with Gasteiger partial charge in [-0.05, 0) is 21.0 Å². The zero-order valence-corrected chi connectivity index (χ0v) is 10.8. The first-order valence-corrected chi connectivity index (χ1v) is 5.58. The SMILES string of the molecule is COc1cnn(CCN(C)C)c1C(O)C(C)O. The molecule has 0 radical (unpaired) electrons. The van der Waals surface area contributed by atoms with Crippen LogP contribution in [0.3, 0.4) is 0 Å². The third kappa shape index (κ3) is 3.42. The number of ether oxygens (including phenoxy) is 1. The Morgan fingerprint density at radius 1 is 1.47 bits per heavy atom. The molecule has 1 aromatic heterocycles. The van der Waals surface area contributed by atoms with Crippen LogP contribution < -0.4 is 4.74 Å². The number of methoxy groups -OCH3 is 1. The highest BCUT2D eigenvalue weighted by molar-refractivity contribution is 5.27. The number of aliphatic hydroxyl groups is 2. The van der Waals surface area contributed by atoms with Gasteiger partial charge in [0.2, 0.25) is 0 Å². The molecule has 2 N–H and O–H groups in total. The van der Waals surface area contributed by atoms with Gasteiger partial charge < -0.3 is 19.8 Å². The molecule has 6 nitrogen and oxygen atoms in total. The Morgan fingerprint density at radius 3 is 2.59 bits per heavy atom. The quantitative estimate of drug-likeness (QED) is 0.728. The first kappa shape index (κ1) is 14.0. The molecule has 0 aliphatic heterocycles. The molecule has 0 aromatic carbocycles. The maximum Gasteiger partial charge on any atom is 0.162 e. The van der Waals surface area contributed by atoms with E-state index in [1.165, 1.54) is 14.0 Å². The van der Waals surface area contributed by atoms with Gasteiger partial charge in [-0.1, -0.05) is 0 Å². The van der Waals surface area contributed by atoms with E-state index >= 15 is 0 Å².